The van der Waals surface area contributed by atoms with Crippen LogP contribution in [0.15, 0.2) is 187 Å². The largest absolute Gasteiger partial charge is 0.501 e. The third kappa shape index (κ3) is 9.34. The first-order valence-corrected chi connectivity index (χ1v) is 22.9. The average Bonchev–Trinajstić information content (AvgIpc) is 3.93. The van der Waals surface area contributed by atoms with Crippen molar-refractivity contribution >= 4 is 43.7 Å². The molecule has 1 radical (unpaired) electrons. The van der Waals surface area contributed by atoms with Crippen LogP contribution < -0.4 is 0 Å². The van der Waals surface area contributed by atoms with Gasteiger partial charge in [-0.1, -0.05) is 156 Å². The van der Waals surface area contributed by atoms with E-state index in [-0.39, 0.29) is 20.1 Å². The summed E-state index contributed by atoms with van der Waals surface area (Å²) in [4.78, 5) is 9.64. The fourth-order valence-corrected chi connectivity index (χ4v) is 8.94. The molecule has 0 saturated heterocycles. The number of hydrogen-bond donors (Lipinski definition) is 0. The first-order chi connectivity index (χ1) is 33.9. The van der Waals surface area contributed by atoms with E-state index in [1.165, 1.54) is 5.39 Å². The molecular formula is C63H55IrN3O-2. The van der Waals surface area contributed by atoms with Gasteiger partial charge >= 0.3 is 0 Å². The zero-order valence-corrected chi connectivity index (χ0v) is 41.8. The number of nitrogens with zero attached hydrogens (tertiary/aromatic N) is 3. The standard InChI is InChI=1S/C32H26NO.C31H29N2.Ir/c1-32(2,3)20-21-11-13-22(14-12-21)25-15-16-33-29(18-25)27-10-6-9-26-28-17-23-7-4-5-8-24(23)19-30(28)34-31(26)27;1-21(2)26-19-25(23-13-7-5-8-14-23)20-27(22(3)4)30(26)33-29-18-12-11-17-28(29)32-31(33)24-15-9-6-10-16-24;/h4-9,11-19H,20H2,1-3H3;5-15,17-22H,1-4H3;/q2*-1;/i20D2;21D,22D;. The summed E-state index contributed by atoms with van der Waals surface area (Å²) in [5.41, 5.74) is 12.8. The number of hydrogen-bond acceptors (Lipinski definition) is 3. The average molecular weight is 1070 g/mol. The molecule has 68 heavy (non-hydrogen) atoms. The molecular weight excluding hydrogens is 1010 g/mol. The van der Waals surface area contributed by atoms with Crippen LogP contribution >= 0.6 is 0 Å². The van der Waals surface area contributed by atoms with Gasteiger partial charge in [0.1, 0.15) is 5.58 Å². The van der Waals surface area contributed by atoms with Crippen LogP contribution in [-0.2, 0) is 26.5 Å². The van der Waals surface area contributed by atoms with Crippen molar-refractivity contribution in [2.24, 2.45) is 5.41 Å². The zero-order chi connectivity index (χ0) is 49.9. The molecule has 0 atom stereocenters. The van der Waals surface area contributed by atoms with Crippen LogP contribution in [0.5, 0.6) is 0 Å². The molecule has 0 aliphatic carbocycles. The number of pyridine rings is 1. The second-order valence-electron chi connectivity index (χ2n) is 18.6. The fraction of sp³-hybridized carbons (Fsp3) is 0.175. The minimum absolute atomic E-state index is 0. The number of imidazole rings is 1. The van der Waals surface area contributed by atoms with Crippen molar-refractivity contribution in [2.45, 2.75) is 66.6 Å². The molecule has 11 aromatic rings. The Morgan fingerprint density at radius 3 is 1.99 bits per heavy atom. The SMILES string of the molecule is [2H]C(C)(C)c1cc(-c2ccccc2)cc(C([2H])(C)C)c1-n1c(-c2[c-]cccc2)nc2ccccc21.[2H]C([2H])(c1ccc(-c2ccnc(-c3[c-]ccc4c3oc3cc5ccccc5cc34)c2)cc1)C(C)(C)C.[Ir]. The molecule has 0 unspecified atom stereocenters. The molecule has 3 aromatic heterocycles. The van der Waals surface area contributed by atoms with E-state index < -0.39 is 23.6 Å². The zero-order valence-electron chi connectivity index (χ0n) is 43.4. The van der Waals surface area contributed by atoms with Crippen LogP contribution in [0.3, 0.4) is 0 Å². The first-order valence-electron chi connectivity index (χ1n) is 24.9. The maximum Gasteiger partial charge on any atom is 0.121 e. The Balaban J connectivity index is 0.000000175. The molecule has 0 fully saturated rings. The van der Waals surface area contributed by atoms with Gasteiger partial charge in [-0.25, -0.2) is 0 Å². The van der Waals surface area contributed by atoms with Crippen LogP contribution in [0, 0.1) is 17.5 Å². The number of benzene rings is 8. The molecule has 0 aliphatic rings. The molecule has 0 N–H and O–H groups in total. The van der Waals surface area contributed by atoms with Gasteiger partial charge in [0.2, 0.25) is 0 Å². The number of rotatable bonds is 8. The summed E-state index contributed by atoms with van der Waals surface area (Å²) in [7, 11) is 0. The van der Waals surface area contributed by atoms with Gasteiger partial charge in [-0.3, -0.25) is 4.98 Å². The van der Waals surface area contributed by atoms with Gasteiger partial charge in [0.05, 0.1) is 22.4 Å². The third-order valence-electron chi connectivity index (χ3n) is 12.1. The summed E-state index contributed by atoms with van der Waals surface area (Å²) in [6, 6.07) is 65.3. The van der Waals surface area contributed by atoms with Gasteiger partial charge in [-0.2, -0.15) is 0 Å². The molecule has 0 spiro atoms. The molecule has 0 bridgehead atoms. The smallest absolute Gasteiger partial charge is 0.121 e. The summed E-state index contributed by atoms with van der Waals surface area (Å²) in [5, 5.41) is 4.46. The van der Waals surface area contributed by atoms with Crippen molar-refractivity contribution in [1.82, 2.24) is 14.5 Å². The Hall–Kier alpha value is -6.91. The Morgan fingerprint density at radius 2 is 1.29 bits per heavy atom. The van der Waals surface area contributed by atoms with Crippen molar-refractivity contribution < 1.29 is 30.0 Å². The molecule has 339 valence electrons. The molecule has 11 rings (SSSR count). The van der Waals surface area contributed by atoms with E-state index in [4.69, 9.17) is 14.9 Å². The van der Waals surface area contributed by atoms with Gasteiger partial charge in [0.15, 0.2) is 0 Å². The quantitative estimate of drug-likeness (QED) is 0.142. The molecule has 3 heterocycles. The first kappa shape index (κ1) is 41.3. The molecule has 0 saturated carbocycles. The monoisotopic (exact) mass is 1070 g/mol. The van der Waals surface area contributed by atoms with E-state index in [0.717, 1.165) is 100 Å². The van der Waals surface area contributed by atoms with E-state index in [0.29, 0.717) is 5.56 Å². The van der Waals surface area contributed by atoms with E-state index in [1.807, 2.05) is 164 Å². The van der Waals surface area contributed by atoms with Crippen LogP contribution in [0.25, 0.3) is 94.3 Å². The van der Waals surface area contributed by atoms with Crippen LogP contribution in [0.2, 0.25) is 0 Å². The normalized spacial score (nSPS) is 13.0. The number of fused-ring (bicyclic) bond motifs is 5. The minimum Gasteiger partial charge on any atom is -0.501 e. The summed E-state index contributed by atoms with van der Waals surface area (Å²) >= 11 is 0. The van der Waals surface area contributed by atoms with Gasteiger partial charge in [-0.05, 0) is 121 Å². The number of furan rings is 1. The summed E-state index contributed by atoms with van der Waals surface area (Å²) in [6.45, 7) is 13.4. The van der Waals surface area contributed by atoms with E-state index in [1.54, 1.807) is 6.20 Å². The summed E-state index contributed by atoms with van der Waals surface area (Å²) in [6.07, 6.45) is 0.377. The van der Waals surface area contributed by atoms with Gasteiger partial charge in [0.25, 0.3) is 0 Å². The van der Waals surface area contributed by atoms with E-state index in [9.17, 15) is 0 Å². The predicted molar refractivity (Wildman–Crippen MR) is 281 cm³/mol. The van der Waals surface area contributed by atoms with Crippen molar-refractivity contribution in [2.75, 3.05) is 0 Å². The Labute approximate surface area is 419 Å². The molecule has 0 amide bonds. The maximum atomic E-state index is 9.16. The van der Waals surface area contributed by atoms with Crippen LogP contribution in [-0.4, -0.2) is 14.5 Å². The molecule has 4 nitrogen and oxygen atoms in total. The molecule has 8 aromatic carbocycles. The van der Waals surface area contributed by atoms with Gasteiger partial charge in [-0.15, -0.1) is 54.1 Å². The number of aromatic nitrogens is 3. The second kappa shape index (κ2) is 19.4. The van der Waals surface area contributed by atoms with Crippen LogP contribution in [0.1, 0.15) is 82.4 Å². The van der Waals surface area contributed by atoms with Gasteiger partial charge < -0.3 is 14.0 Å². The van der Waals surface area contributed by atoms with Crippen LogP contribution in [0.4, 0.5) is 0 Å². The van der Waals surface area contributed by atoms with Crippen molar-refractivity contribution in [3.8, 4) is 50.6 Å². The Kier molecular flexibility index (Phi) is 11.8. The van der Waals surface area contributed by atoms with E-state index >= 15 is 0 Å². The number of para-hydroxylation sites is 2. The van der Waals surface area contributed by atoms with Gasteiger partial charge in [0, 0.05) is 42.9 Å². The third-order valence-corrected chi connectivity index (χ3v) is 12.1. The minimum atomic E-state index is -1.42. The predicted octanol–water partition coefficient (Wildman–Crippen LogP) is 17.3. The Bertz CT molecular complexity index is 3700. The summed E-state index contributed by atoms with van der Waals surface area (Å²) < 4.78 is 43.9. The van der Waals surface area contributed by atoms with Crippen molar-refractivity contribution in [3.05, 3.63) is 211 Å². The summed E-state index contributed by atoms with van der Waals surface area (Å²) in [5.74, 6) is -1.07. The Morgan fingerprint density at radius 1 is 0.632 bits per heavy atom. The van der Waals surface area contributed by atoms with Crippen molar-refractivity contribution in [1.29, 1.82) is 0 Å². The maximum absolute atomic E-state index is 9.16. The fourth-order valence-electron chi connectivity index (χ4n) is 8.94. The van der Waals surface area contributed by atoms with Crippen molar-refractivity contribution in [3.63, 3.8) is 0 Å². The van der Waals surface area contributed by atoms with E-state index in [2.05, 4.69) is 82.3 Å². The molecule has 5 heteroatoms. The molecule has 0 aliphatic heterocycles. The topological polar surface area (TPSA) is 43.9 Å². The second-order valence-corrected chi connectivity index (χ2v) is 18.6.